The van der Waals surface area contributed by atoms with Crippen LogP contribution in [0, 0.1) is 0 Å². The molecule has 1 N–H and O–H groups in total. The number of para-hydroxylation sites is 1. The number of nitrogens with zero attached hydrogens (tertiary/aromatic N) is 1. The first-order chi connectivity index (χ1) is 10.5. The minimum Gasteiger partial charge on any atom is -0.384 e. The van der Waals surface area contributed by atoms with Crippen molar-refractivity contribution in [1.29, 1.82) is 0 Å². The van der Waals surface area contributed by atoms with Gasteiger partial charge in [-0.3, -0.25) is 4.31 Å². The summed E-state index contributed by atoms with van der Waals surface area (Å²) in [7, 11) is -2.16. The largest absolute Gasteiger partial charge is 0.384 e. The molecule has 22 heavy (non-hydrogen) atoms. The number of hydrogen-bond acceptors (Lipinski definition) is 4. The van der Waals surface area contributed by atoms with Crippen molar-refractivity contribution in [2.75, 3.05) is 17.1 Å². The summed E-state index contributed by atoms with van der Waals surface area (Å²) in [5.41, 5.74) is 1.54. The van der Waals surface area contributed by atoms with Crippen molar-refractivity contribution in [1.82, 2.24) is 0 Å². The zero-order chi connectivity index (χ0) is 15.9. The second-order valence-corrected chi connectivity index (χ2v) is 8.34. The van der Waals surface area contributed by atoms with Crippen LogP contribution < -0.4 is 4.31 Å². The molecule has 0 spiro atoms. The third-order valence-corrected chi connectivity index (χ3v) is 6.50. The highest BCUT2D eigenvalue weighted by Crippen LogP contribution is 2.40. The van der Waals surface area contributed by atoms with E-state index in [-0.39, 0.29) is 4.90 Å². The van der Waals surface area contributed by atoms with Gasteiger partial charge in [0.2, 0.25) is 0 Å². The Morgan fingerprint density at radius 1 is 1.18 bits per heavy atom. The Labute approximate surface area is 134 Å². The number of hydrogen-bond donors (Lipinski definition) is 1. The first-order valence-electron chi connectivity index (χ1n) is 6.99. The highest BCUT2D eigenvalue weighted by molar-refractivity contribution is 7.99. The SMILES string of the molecule is CCSc1ccc2c(c1)S(=O)(=O)N(C)c1ccccc1C2O. The minimum absolute atomic E-state index is 0.178. The summed E-state index contributed by atoms with van der Waals surface area (Å²) < 4.78 is 27.0. The lowest BCUT2D eigenvalue weighted by Crippen LogP contribution is -2.26. The maximum absolute atomic E-state index is 12.9. The van der Waals surface area contributed by atoms with Crippen LogP contribution in [0.25, 0.3) is 0 Å². The number of aliphatic hydroxyl groups excluding tert-OH is 1. The molecule has 0 aromatic heterocycles. The Morgan fingerprint density at radius 3 is 2.64 bits per heavy atom. The van der Waals surface area contributed by atoms with E-state index < -0.39 is 16.1 Å². The predicted molar refractivity (Wildman–Crippen MR) is 88.9 cm³/mol. The lowest BCUT2D eigenvalue weighted by molar-refractivity contribution is 0.218. The van der Waals surface area contributed by atoms with Crippen LogP contribution in [-0.2, 0) is 10.0 Å². The van der Waals surface area contributed by atoms with Gasteiger partial charge in [0.15, 0.2) is 0 Å². The van der Waals surface area contributed by atoms with E-state index in [0.717, 1.165) is 10.6 Å². The summed E-state index contributed by atoms with van der Waals surface area (Å²) in [4.78, 5) is 1.06. The van der Waals surface area contributed by atoms with Crippen LogP contribution in [0.5, 0.6) is 0 Å². The molecule has 0 saturated carbocycles. The van der Waals surface area contributed by atoms with Crippen molar-refractivity contribution in [3.63, 3.8) is 0 Å². The van der Waals surface area contributed by atoms with Gasteiger partial charge in [0.05, 0.1) is 10.6 Å². The van der Waals surface area contributed by atoms with Crippen LogP contribution in [-0.4, -0.2) is 26.3 Å². The van der Waals surface area contributed by atoms with Gasteiger partial charge in [0.25, 0.3) is 10.0 Å². The third kappa shape index (κ3) is 2.31. The molecule has 4 nitrogen and oxygen atoms in total. The summed E-state index contributed by atoms with van der Waals surface area (Å²) >= 11 is 1.58. The van der Waals surface area contributed by atoms with Crippen LogP contribution in [0.1, 0.15) is 24.2 Å². The lowest BCUT2D eigenvalue weighted by Gasteiger charge is -2.19. The molecular weight excluding hydrogens is 318 g/mol. The second kappa shape index (κ2) is 5.61. The highest BCUT2D eigenvalue weighted by Gasteiger charge is 2.34. The number of anilines is 1. The van der Waals surface area contributed by atoms with Crippen LogP contribution in [0.15, 0.2) is 52.3 Å². The Kier molecular flexibility index (Phi) is 3.92. The van der Waals surface area contributed by atoms with E-state index in [0.29, 0.717) is 16.8 Å². The highest BCUT2D eigenvalue weighted by atomic mass is 32.2. The summed E-state index contributed by atoms with van der Waals surface area (Å²) in [6.45, 7) is 2.02. The molecule has 1 heterocycles. The van der Waals surface area contributed by atoms with Crippen molar-refractivity contribution in [2.45, 2.75) is 22.8 Å². The monoisotopic (exact) mass is 335 g/mol. The van der Waals surface area contributed by atoms with Gasteiger partial charge in [-0.05, 0) is 24.0 Å². The average Bonchev–Trinajstić information content (AvgIpc) is 2.58. The van der Waals surface area contributed by atoms with E-state index in [1.165, 1.54) is 11.4 Å². The number of aliphatic hydroxyl groups is 1. The van der Waals surface area contributed by atoms with Crippen molar-refractivity contribution in [2.24, 2.45) is 0 Å². The molecule has 2 aromatic rings. The van der Waals surface area contributed by atoms with Crippen LogP contribution in [0.4, 0.5) is 5.69 Å². The van der Waals surface area contributed by atoms with Crippen molar-refractivity contribution < 1.29 is 13.5 Å². The summed E-state index contributed by atoms with van der Waals surface area (Å²) in [6.07, 6.45) is -0.952. The fourth-order valence-electron chi connectivity index (χ4n) is 2.67. The van der Waals surface area contributed by atoms with Crippen LogP contribution >= 0.6 is 11.8 Å². The smallest absolute Gasteiger partial charge is 0.264 e. The van der Waals surface area contributed by atoms with E-state index in [4.69, 9.17) is 0 Å². The molecule has 3 rings (SSSR count). The topological polar surface area (TPSA) is 57.6 Å². The van der Waals surface area contributed by atoms with Gasteiger partial charge >= 0.3 is 0 Å². The molecule has 0 bridgehead atoms. The Balaban J connectivity index is 2.29. The molecule has 0 saturated heterocycles. The number of sulfonamides is 1. The van der Waals surface area contributed by atoms with Gasteiger partial charge in [-0.25, -0.2) is 8.42 Å². The van der Waals surface area contributed by atoms with Gasteiger partial charge in [-0.2, -0.15) is 0 Å². The normalized spacial score (nSPS) is 19.2. The zero-order valence-electron chi connectivity index (χ0n) is 12.4. The molecule has 6 heteroatoms. The standard InChI is InChI=1S/C16H17NO3S2/c1-3-21-11-8-9-13-15(10-11)22(19,20)17(2)14-7-5-4-6-12(14)16(13)18/h4-10,16,18H,3H2,1-2H3. The summed E-state index contributed by atoms with van der Waals surface area (Å²) in [6, 6.07) is 12.3. The van der Waals surface area contributed by atoms with E-state index in [1.54, 1.807) is 48.2 Å². The summed E-state index contributed by atoms with van der Waals surface area (Å²) in [5, 5.41) is 10.7. The van der Waals surface area contributed by atoms with Crippen molar-refractivity contribution in [3.8, 4) is 0 Å². The van der Waals surface area contributed by atoms with E-state index in [9.17, 15) is 13.5 Å². The zero-order valence-corrected chi connectivity index (χ0v) is 14.0. The summed E-state index contributed by atoms with van der Waals surface area (Å²) in [5.74, 6) is 0.859. The Bertz CT molecular complexity index is 818. The molecule has 0 aliphatic carbocycles. The van der Waals surface area contributed by atoms with Gasteiger partial charge in [0, 0.05) is 23.1 Å². The number of benzene rings is 2. The fourth-order valence-corrected chi connectivity index (χ4v) is 4.92. The molecule has 1 atom stereocenters. The first-order valence-corrected chi connectivity index (χ1v) is 9.42. The van der Waals surface area contributed by atoms with Crippen LogP contribution in [0.2, 0.25) is 0 Å². The van der Waals surface area contributed by atoms with Crippen LogP contribution in [0.3, 0.4) is 0 Å². The van der Waals surface area contributed by atoms with Gasteiger partial charge < -0.3 is 5.11 Å². The quantitative estimate of drug-likeness (QED) is 0.857. The number of rotatable bonds is 2. The van der Waals surface area contributed by atoms with Crippen molar-refractivity contribution >= 4 is 27.5 Å². The molecule has 1 aliphatic rings. The van der Waals surface area contributed by atoms with Gasteiger partial charge in [-0.1, -0.05) is 31.2 Å². The number of fused-ring (bicyclic) bond motifs is 2. The predicted octanol–water partition coefficient (Wildman–Crippen LogP) is 3.02. The Hall–Kier alpha value is -1.50. The molecular formula is C16H17NO3S2. The Morgan fingerprint density at radius 2 is 1.91 bits per heavy atom. The van der Waals surface area contributed by atoms with Gasteiger partial charge in [0.1, 0.15) is 6.10 Å². The van der Waals surface area contributed by atoms with Crippen molar-refractivity contribution in [3.05, 3.63) is 53.6 Å². The van der Waals surface area contributed by atoms with Gasteiger partial charge in [-0.15, -0.1) is 11.8 Å². The maximum Gasteiger partial charge on any atom is 0.264 e. The molecule has 0 radical (unpaired) electrons. The van der Waals surface area contributed by atoms with E-state index in [2.05, 4.69) is 0 Å². The average molecular weight is 335 g/mol. The second-order valence-electron chi connectivity index (χ2n) is 5.07. The molecule has 1 unspecified atom stereocenters. The molecule has 2 aromatic carbocycles. The molecule has 1 aliphatic heterocycles. The molecule has 0 amide bonds. The molecule has 0 fully saturated rings. The maximum atomic E-state index is 12.9. The lowest BCUT2D eigenvalue weighted by atomic mass is 10.00. The third-order valence-electron chi connectivity index (χ3n) is 3.80. The minimum atomic E-state index is -3.68. The first kappa shape index (κ1) is 15.4. The van der Waals surface area contributed by atoms with E-state index in [1.807, 2.05) is 13.0 Å². The molecule has 116 valence electrons. The number of thioether (sulfide) groups is 1. The van der Waals surface area contributed by atoms with E-state index >= 15 is 0 Å². The fraction of sp³-hybridized carbons (Fsp3) is 0.250.